The van der Waals surface area contributed by atoms with Gasteiger partial charge in [0.1, 0.15) is 17.0 Å². The number of rotatable bonds is 7. The van der Waals surface area contributed by atoms with Gasteiger partial charge in [-0.1, -0.05) is 47.1 Å². The second-order valence-electron chi connectivity index (χ2n) is 5.97. The van der Waals surface area contributed by atoms with Crippen LogP contribution in [0.5, 0.6) is 5.75 Å². The Kier molecular flexibility index (Phi) is 5.96. The van der Waals surface area contributed by atoms with Gasteiger partial charge in [-0.2, -0.15) is 0 Å². The van der Waals surface area contributed by atoms with E-state index in [2.05, 4.69) is 10.5 Å². The maximum absolute atomic E-state index is 12.1. The third-order valence-corrected chi connectivity index (χ3v) is 4.19. The van der Waals surface area contributed by atoms with Gasteiger partial charge in [-0.05, 0) is 31.2 Å². The maximum atomic E-state index is 12.1. The van der Waals surface area contributed by atoms with E-state index >= 15 is 0 Å². The Bertz CT molecular complexity index is 970. The third kappa shape index (κ3) is 4.50. The van der Waals surface area contributed by atoms with Gasteiger partial charge >= 0.3 is 5.97 Å². The number of nitrogens with one attached hydrogen (secondary N) is 1. The summed E-state index contributed by atoms with van der Waals surface area (Å²) in [5.41, 5.74) is 0.600. The fourth-order valence-corrected chi connectivity index (χ4v) is 2.75. The number of carboxylic acid groups (broad SMARTS) is 1. The molecule has 3 rings (SSSR count). The van der Waals surface area contributed by atoms with E-state index in [9.17, 15) is 14.7 Å². The first-order valence-corrected chi connectivity index (χ1v) is 8.79. The number of carbonyl (C=O) groups excluding carboxylic acids is 1. The number of hydrogen-bond donors (Lipinski definition) is 2. The number of amides is 1. The fourth-order valence-electron chi connectivity index (χ4n) is 2.62. The van der Waals surface area contributed by atoms with Crippen molar-refractivity contribution in [3.8, 4) is 17.0 Å². The molecule has 0 bridgehead atoms. The normalized spacial score (nSPS) is 11.6. The second-order valence-corrected chi connectivity index (χ2v) is 6.41. The van der Waals surface area contributed by atoms with Crippen molar-refractivity contribution in [2.45, 2.75) is 13.0 Å². The van der Waals surface area contributed by atoms with Crippen molar-refractivity contribution in [2.24, 2.45) is 0 Å². The molecule has 1 heterocycles. The Morgan fingerprint density at radius 2 is 1.86 bits per heavy atom. The summed E-state index contributed by atoms with van der Waals surface area (Å²) in [5, 5.41) is 16.7. The lowest BCUT2D eigenvalue weighted by Crippen LogP contribution is -2.31. The van der Waals surface area contributed by atoms with Gasteiger partial charge < -0.3 is 19.7 Å². The number of para-hydroxylation sites is 1. The zero-order valence-electron chi connectivity index (χ0n) is 14.9. The zero-order valence-corrected chi connectivity index (χ0v) is 15.6. The number of nitrogens with zero attached hydrogens (tertiary/aromatic N) is 1. The average Bonchev–Trinajstić information content (AvgIpc) is 3.13. The van der Waals surface area contributed by atoms with Crippen molar-refractivity contribution in [1.82, 2.24) is 10.5 Å². The molecular formula is C20H17ClN2O5. The van der Waals surface area contributed by atoms with Crippen LogP contribution in [0.15, 0.2) is 59.1 Å². The van der Waals surface area contributed by atoms with Crippen molar-refractivity contribution < 1.29 is 24.0 Å². The molecule has 0 spiro atoms. The van der Waals surface area contributed by atoms with E-state index in [-0.39, 0.29) is 23.6 Å². The summed E-state index contributed by atoms with van der Waals surface area (Å²) < 4.78 is 10.6. The smallest absolute Gasteiger partial charge is 0.341 e. The lowest BCUT2D eigenvalue weighted by atomic mass is 10.0. The molecule has 1 aromatic heterocycles. The van der Waals surface area contributed by atoms with E-state index in [1.54, 1.807) is 55.5 Å². The van der Waals surface area contributed by atoms with Crippen LogP contribution in [0.25, 0.3) is 11.3 Å². The van der Waals surface area contributed by atoms with Crippen molar-refractivity contribution >= 4 is 23.5 Å². The van der Waals surface area contributed by atoms with Crippen LogP contribution < -0.4 is 10.1 Å². The van der Waals surface area contributed by atoms with Crippen LogP contribution in [0, 0.1) is 0 Å². The van der Waals surface area contributed by atoms with Crippen LogP contribution in [-0.4, -0.2) is 28.7 Å². The van der Waals surface area contributed by atoms with Crippen molar-refractivity contribution in [2.75, 3.05) is 6.61 Å². The molecule has 28 heavy (non-hydrogen) atoms. The average molecular weight is 401 g/mol. The van der Waals surface area contributed by atoms with Crippen molar-refractivity contribution in [3.63, 3.8) is 0 Å². The van der Waals surface area contributed by atoms with E-state index in [0.717, 1.165) is 0 Å². The second kappa shape index (κ2) is 8.58. The third-order valence-electron chi connectivity index (χ3n) is 3.93. The zero-order chi connectivity index (χ0) is 20.1. The van der Waals surface area contributed by atoms with E-state index in [0.29, 0.717) is 16.3 Å². The topological polar surface area (TPSA) is 102 Å². The molecule has 0 saturated heterocycles. The molecule has 144 valence electrons. The summed E-state index contributed by atoms with van der Waals surface area (Å²) in [4.78, 5) is 23.9. The van der Waals surface area contributed by atoms with Crippen molar-refractivity contribution in [1.29, 1.82) is 0 Å². The lowest BCUT2D eigenvalue weighted by Gasteiger charge is -2.12. The Balaban J connectivity index is 1.74. The van der Waals surface area contributed by atoms with E-state index < -0.39 is 17.9 Å². The van der Waals surface area contributed by atoms with Gasteiger partial charge in [-0.3, -0.25) is 4.79 Å². The van der Waals surface area contributed by atoms with Crippen LogP contribution in [0.3, 0.4) is 0 Å². The molecule has 2 aromatic carbocycles. The Morgan fingerprint density at radius 3 is 2.50 bits per heavy atom. The Hall–Kier alpha value is -3.32. The predicted molar refractivity (Wildman–Crippen MR) is 102 cm³/mol. The van der Waals surface area contributed by atoms with Gasteiger partial charge in [0.05, 0.1) is 6.04 Å². The number of hydrogen-bond acceptors (Lipinski definition) is 5. The first-order valence-electron chi connectivity index (χ1n) is 8.41. The number of ether oxygens (including phenoxy) is 1. The largest absolute Gasteiger partial charge is 0.484 e. The van der Waals surface area contributed by atoms with Crippen LogP contribution >= 0.6 is 11.6 Å². The molecule has 1 amide bonds. The van der Waals surface area contributed by atoms with Gasteiger partial charge in [0.25, 0.3) is 5.91 Å². The molecule has 0 unspecified atom stereocenters. The van der Waals surface area contributed by atoms with Crippen LogP contribution in [0.2, 0.25) is 5.02 Å². The van der Waals surface area contributed by atoms with E-state index in [1.807, 2.05) is 6.07 Å². The molecule has 7 nitrogen and oxygen atoms in total. The lowest BCUT2D eigenvalue weighted by molar-refractivity contribution is -0.123. The molecule has 8 heteroatoms. The highest BCUT2D eigenvalue weighted by Crippen LogP contribution is 2.30. The first kappa shape index (κ1) is 19.4. The molecule has 1 atom stereocenters. The summed E-state index contributed by atoms with van der Waals surface area (Å²) >= 11 is 5.87. The monoisotopic (exact) mass is 400 g/mol. The molecule has 0 aliphatic carbocycles. The molecule has 0 saturated carbocycles. The summed E-state index contributed by atoms with van der Waals surface area (Å²) in [6.07, 6.45) is 0. The molecular weight excluding hydrogens is 384 g/mol. The quantitative estimate of drug-likeness (QED) is 0.622. The van der Waals surface area contributed by atoms with Gasteiger partial charge in [-0.25, -0.2) is 4.79 Å². The highest BCUT2D eigenvalue weighted by atomic mass is 35.5. The molecule has 0 aliphatic rings. The van der Waals surface area contributed by atoms with Gasteiger partial charge in [-0.15, -0.1) is 0 Å². The number of halogens is 1. The Morgan fingerprint density at radius 1 is 1.18 bits per heavy atom. The van der Waals surface area contributed by atoms with Gasteiger partial charge in [0.2, 0.25) is 0 Å². The number of aromatic nitrogens is 1. The summed E-state index contributed by atoms with van der Waals surface area (Å²) in [6, 6.07) is 14.7. The predicted octanol–water partition coefficient (Wildman–Crippen LogP) is 3.95. The van der Waals surface area contributed by atoms with Crippen LogP contribution in [0.1, 0.15) is 29.1 Å². The number of benzene rings is 2. The summed E-state index contributed by atoms with van der Waals surface area (Å²) in [7, 11) is 0. The summed E-state index contributed by atoms with van der Waals surface area (Å²) in [6.45, 7) is 1.40. The van der Waals surface area contributed by atoms with Crippen LogP contribution in [-0.2, 0) is 4.79 Å². The number of aromatic carboxylic acids is 1. The standard InChI is InChI=1S/C20H17ClN2O5/c1-12(22-16(24)11-27-15-5-3-2-4-6-15)19-17(20(25)26)18(23-28-19)13-7-9-14(21)10-8-13/h2-10,12H,11H2,1H3,(H,22,24)(H,25,26)/t12-/m1/s1. The van der Waals surface area contributed by atoms with E-state index in [4.69, 9.17) is 20.9 Å². The van der Waals surface area contributed by atoms with Gasteiger partial charge in [0.15, 0.2) is 12.4 Å². The van der Waals surface area contributed by atoms with E-state index in [1.165, 1.54) is 0 Å². The summed E-state index contributed by atoms with van der Waals surface area (Å²) in [5.74, 6) is -1.02. The highest BCUT2D eigenvalue weighted by Gasteiger charge is 2.28. The molecule has 2 N–H and O–H groups in total. The Labute approximate surface area is 165 Å². The molecule has 0 aliphatic heterocycles. The molecule has 3 aromatic rings. The molecule has 0 radical (unpaired) electrons. The maximum Gasteiger partial charge on any atom is 0.341 e. The highest BCUT2D eigenvalue weighted by molar-refractivity contribution is 6.30. The first-order chi connectivity index (χ1) is 13.5. The molecule has 0 fully saturated rings. The minimum absolute atomic E-state index is 0.0468. The fraction of sp³-hybridized carbons (Fsp3) is 0.150. The minimum atomic E-state index is -1.21. The number of carboxylic acids is 1. The SMILES string of the molecule is C[C@@H](NC(=O)COc1ccccc1)c1onc(-c2ccc(Cl)cc2)c1C(=O)O. The van der Waals surface area contributed by atoms with Crippen LogP contribution in [0.4, 0.5) is 0 Å². The van der Waals surface area contributed by atoms with Crippen molar-refractivity contribution in [3.05, 3.63) is 70.9 Å². The minimum Gasteiger partial charge on any atom is -0.484 e. The number of carbonyl (C=O) groups is 2. The van der Waals surface area contributed by atoms with Gasteiger partial charge in [0, 0.05) is 10.6 Å².